The third-order valence-corrected chi connectivity index (χ3v) is 4.33. The standard InChI is InChI=1S/C14H8ClF3N2O3S/c15-10-2-1-9(8-19)13(7-10)20-24(21,22)12-5-3-11(4-6-12)23-14(16,17)18/h1-7,20H. The molecule has 0 aromatic heterocycles. The van der Waals surface area contributed by atoms with E-state index in [4.69, 9.17) is 16.9 Å². The Hall–Kier alpha value is -2.44. The molecule has 24 heavy (non-hydrogen) atoms. The van der Waals surface area contributed by atoms with E-state index in [1.165, 1.54) is 18.2 Å². The normalized spacial score (nSPS) is 11.6. The third kappa shape index (κ3) is 4.53. The number of alkyl halides is 3. The van der Waals surface area contributed by atoms with Crippen LogP contribution in [0.25, 0.3) is 0 Å². The first-order valence-electron chi connectivity index (χ1n) is 6.19. The Morgan fingerprint density at radius 1 is 1.12 bits per heavy atom. The van der Waals surface area contributed by atoms with Gasteiger partial charge in [0.2, 0.25) is 0 Å². The highest BCUT2D eigenvalue weighted by Crippen LogP contribution is 2.26. The molecule has 0 amide bonds. The molecular formula is C14H8ClF3N2O3S. The van der Waals surface area contributed by atoms with E-state index in [9.17, 15) is 21.6 Å². The van der Waals surface area contributed by atoms with Gasteiger partial charge in [0, 0.05) is 5.02 Å². The molecule has 10 heteroatoms. The molecule has 0 unspecified atom stereocenters. The number of anilines is 1. The fraction of sp³-hybridized carbons (Fsp3) is 0.0714. The van der Waals surface area contributed by atoms with Crippen LogP contribution in [0.1, 0.15) is 5.56 Å². The minimum absolute atomic E-state index is 0.0411. The van der Waals surface area contributed by atoms with Crippen LogP contribution in [0.4, 0.5) is 18.9 Å². The molecule has 0 bridgehead atoms. The molecule has 0 atom stereocenters. The third-order valence-electron chi connectivity index (χ3n) is 2.71. The Morgan fingerprint density at radius 3 is 2.29 bits per heavy atom. The molecule has 0 aliphatic heterocycles. The molecule has 0 saturated carbocycles. The van der Waals surface area contributed by atoms with Gasteiger partial charge >= 0.3 is 6.36 Å². The lowest BCUT2D eigenvalue weighted by Gasteiger charge is -2.11. The molecule has 2 aromatic carbocycles. The Kier molecular flexibility index (Phi) is 4.91. The quantitative estimate of drug-likeness (QED) is 0.877. The second kappa shape index (κ2) is 6.59. The molecule has 0 radical (unpaired) electrons. The Balaban J connectivity index is 2.28. The number of hydrogen-bond donors (Lipinski definition) is 1. The van der Waals surface area contributed by atoms with Crippen molar-refractivity contribution in [2.24, 2.45) is 0 Å². The minimum atomic E-state index is -4.87. The molecule has 0 fully saturated rings. The van der Waals surface area contributed by atoms with Gasteiger partial charge in [-0.25, -0.2) is 8.42 Å². The maximum absolute atomic E-state index is 12.3. The number of nitriles is 1. The van der Waals surface area contributed by atoms with E-state index in [0.29, 0.717) is 0 Å². The number of sulfonamides is 1. The van der Waals surface area contributed by atoms with Crippen molar-refractivity contribution in [2.75, 3.05) is 4.72 Å². The van der Waals surface area contributed by atoms with Crippen LogP contribution in [0.3, 0.4) is 0 Å². The van der Waals surface area contributed by atoms with Crippen molar-refractivity contribution in [1.82, 2.24) is 0 Å². The summed E-state index contributed by atoms with van der Waals surface area (Å²) in [4.78, 5) is -0.305. The molecule has 0 heterocycles. The zero-order valence-electron chi connectivity index (χ0n) is 11.6. The van der Waals surface area contributed by atoms with Gasteiger partial charge in [0.15, 0.2) is 0 Å². The number of halogens is 4. The van der Waals surface area contributed by atoms with E-state index in [0.717, 1.165) is 24.3 Å². The predicted molar refractivity (Wildman–Crippen MR) is 80.1 cm³/mol. The number of hydrogen-bond acceptors (Lipinski definition) is 4. The van der Waals surface area contributed by atoms with Crippen molar-refractivity contribution in [3.8, 4) is 11.8 Å². The molecule has 1 N–H and O–H groups in total. The smallest absolute Gasteiger partial charge is 0.406 e. The summed E-state index contributed by atoms with van der Waals surface area (Å²) in [6.07, 6.45) is -4.87. The van der Waals surface area contributed by atoms with E-state index in [1.54, 1.807) is 6.07 Å². The fourth-order valence-electron chi connectivity index (χ4n) is 1.72. The molecule has 0 spiro atoms. The zero-order valence-corrected chi connectivity index (χ0v) is 13.2. The molecule has 0 saturated heterocycles. The summed E-state index contributed by atoms with van der Waals surface area (Å²) in [5.41, 5.74) is 0.000572. The van der Waals surface area contributed by atoms with Crippen molar-refractivity contribution >= 4 is 27.3 Å². The first kappa shape index (κ1) is 17.9. The molecule has 2 aromatic rings. The second-order valence-electron chi connectivity index (χ2n) is 4.43. The first-order chi connectivity index (χ1) is 11.1. The van der Waals surface area contributed by atoms with Gasteiger partial charge in [0.1, 0.15) is 11.8 Å². The van der Waals surface area contributed by atoms with Crippen molar-refractivity contribution in [2.45, 2.75) is 11.3 Å². The molecule has 5 nitrogen and oxygen atoms in total. The van der Waals surface area contributed by atoms with Crippen molar-refractivity contribution < 1.29 is 26.3 Å². The number of rotatable bonds is 4. The van der Waals surface area contributed by atoms with Crippen LogP contribution in [-0.4, -0.2) is 14.8 Å². The maximum Gasteiger partial charge on any atom is 0.573 e. The van der Waals surface area contributed by atoms with Gasteiger partial charge in [0.05, 0.1) is 16.1 Å². The average Bonchev–Trinajstić information content (AvgIpc) is 2.46. The van der Waals surface area contributed by atoms with Crippen molar-refractivity contribution in [1.29, 1.82) is 5.26 Å². The summed E-state index contributed by atoms with van der Waals surface area (Å²) in [6, 6.07) is 9.42. The van der Waals surface area contributed by atoms with Gasteiger partial charge in [-0.2, -0.15) is 5.26 Å². The molecule has 2 rings (SSSR count). The summed E-state index contributed by atoms with van der Waals surface area (Å²) < 4.78 is 66.6. The maximum atomic E-state index is 12.3. The molecule has 126 valence electrons. The summed E-state index contributed by atoms with van der Waals surface area (Å²) in [5.74, 6) is -0.554. The summed E-state index contributed by atoms with van der Waals surface area (Å²) in [5, 5.41) is 9.18. The largest absolute Gasteiger partial charge is 0.573 e. The molecule has 0 aliphatic rings. The highest BCUT2D eigenvalue weighted by Gasteiger charge is 2.31. The molecule has 0 aliphatic carbocycles. The van der Waals surface area contributed by atoms with Crippen LogP contribution < -0.4 is 9.46 Å². The first-order valence-corrected chi connectivity index (χ1v) is 8.05. The van der Waals surface area contributed by atoms with Crippen LogP contribution in [0.2, 0.25) is 5.02 Å². The Labute approximate surface area is 140 Å². The van der Waals surface area contributed by atoms with E-state index in [-0.39, 0.29) is 21.2 Å². The predicted octanol–water partition coefficient (Wildman–Crippen LogP) is 3.91. The van der Waals surface area contributed by atoms with Gasteiger partial charge in [-0.15, -0.1) is 13.2 Å². The zero-order chi connectivity index (χ0) is 18.0. The van der Waals surface area contributed by atoms with Crippen LogP contribution in [0.5, 0.6) is 5.75 Å². The van der Waals surface area contributed by atoms with E-state index >= 15 is 0 Å². The topological polar surface area (TPSA) is 79.2 Å². The lowest BCUT2D eigenvalue weighted by Crippen LogP contribution is -2.17. The second-order valence-corrected chi connectivity index (χ2v) is 6.55. The van der Waals surface area contributed by atoms with Crippen molar-refractivity contribution in [3.63, 3.8) is 0 Å². The fourth-order valence-corrected chi connectivity index (χ4v) is 2.97. The average molecular weight is 377 g/mol. The highest BCUT2D eigenvalue weighted by molar-refractivity contribution is 7.92. The van der Waals surface area contributed by atoms with Gasteiger partial charge in [-0.3, -0.25) is 4.72 Å². The lowest BCUT2D eigenvalue weighted by atomic mass is 10.2. The van der Waals surface area contributed by atoms with Crippen LogP contribution in [0.15, 0.2) is 47.4 Å². The number of benzene rings is 2. The summed E-state index contributed by atoms with van der Waals surface area (Å²) in [7, 11) is -4.12. The number of ether oxygens (including phenoxy) is 1. The Bertz CT molecular complexity index is 891. The van der Waals surface area contributed by atoms with Gasteiger partial charge in [-0.05, 0) is 42.5 Å². The van der Waals surface area contributed by atoms with Crippen LogP contribution in [0, 0.1) is 11.3 Å². The van der Waals surface area contributed by atoms with Crippen LogP contribution >= 0.6 is 11.6 Å². The van der Waals surface area contributed by atoms with E-state index in [2.05, 4.69) is 9.46 Å². The number of nitrogens with zero attached hydrogens (tertiary/aromatic N) is 1. The van der Waals surface area contributed by atoms with E-state index < -0.39 is 22.1 Å². The summed E-state index contributed by atoms with van der Waals surface area (Å²) >= 11 is 5.76. The Morgan fingerprint density at radius 2 is 1.75 bits per heavy atom. The highest BCUT2D eigenvalue weighted by atomic mass is 35.5. The van der Waals surface area contributed by atoms with Crippen molar-refractivity contribution in [3.05, 3.63) is 53.1 Å². The minimum Gasteiger partial charge on any atom is -0.406 e. The number of nitrogens with one attached hydrogen (secondary N) is 1. The van der Waals surface area contributed by atoms with Gasteiger partial charge < -0.3 is 4.74 Å². The molecular weight excluding hydrogens is 369 g/mol. The van der Waals surface area contributed by atoms with Gasteiger partial charge in [0.25, 0.3) is 10.0 Å². The van der Waals surface area contributed by atoms with Crippen LogP contribution in [-0.2, 0) is 10.0 Å². The SMILES string of the molecule is N#Cc1ccc(Cl)cc1NS(=O)(=O)c1ccc(OC(F)(F)F)cc1. The van der Waals surface area contributed by atoms with Gasteiger partial charge in [-0.1, -0.05) is 11.6 Å². The lowest BCUT2D eigenvalue weighted by molar-refractivity contribution is -0.274. The summed E-state index contributed by atoms with van der Waals surface area (Å²) in [6.45, 7) is 0. The van der Waals surface area contributed by atoms with E-state index in [1.807, 2.05) is 0 Å². The monoisotopic (exact) mass is 376 g/mol.